The zero-order valence-electron chi connectivity index (χ0n) is 7.33. The van der Waals surface area contributed by atoms with E-state index in [1.54, 1.807) is 0 Å². The molecule has 0 heterocycles. The van der Waals surface area contributed by atoms with E-state index in [1.807, 2.05) is 0 Å². The van der Waals surface area contributed by atoms with Crippen LogP contribution in [0, 0.1) is 5.92 Å². The van der Waals surface area contributed by atoms with E-state index >= 15 is 0 Å². The Kier molecular flexibility index (Phi) is 4.45. The van der Waals surface area contributed by atoms with Gasteiger partial charge in [-0.2, -0.15) is 0 Å². The summed E-state index contributed by atoms with van der Waals surface area (Å²) in [5.41, 5.74) is 0. The van der Waals surface area contributed by atoms with Crippen LogP contribution in [0.3, 0.4) is 0 Å². The minimum atomic E-state index is -3.27. The van der Waals surface area contributed by atoms with Gasteiger partial charge in [0.1, 0.15) is 5.21 Å². The minimum Gasteiger partial charge on any atom is -0.380 e. The van der Waals surface area contributed by atoms with E-state index in [9.17, 15) is 8.42 Å². The lowest BCUT2D eigenvalue weighted by Crippen LogP contribution is -2.28. The molecule has 78 valence electrons. The van der Waals surface area contributed by atoms with E-state index in [0.29, 0.717) is 19.1 Å². The molecule has 0 aliphatic heterocycles. The maximum Gasteiger partial charge on any atom is 0.225 e. The molecule has 0 aromatic carbocycles. The van der Waals surface area contributed by atoms with E-state index in [0.717, 1.165) is 6.61 Å². The highest BCUT2D eigenvalue weighted by Gasteiger charge is 2.20. The molecule has 0 bridgehead atoms. The predicted octanol–water partition coefficient (Wildman–Crippen LogP) is 0.529. The van der Waals surface area contributed by atoms with Crippen molar-refractivity contribution in [2.24, 2.45) is 5.92 Å². The first kappa shape index (κ1) is 11.2. The molecule has 1 rings (SSSR count). The van der Waals surface area contributed by atoms with E-state index in [4.69, 9.17) is 16.3 Å². The summed E-state index contributed by atoms with van der Waals surface area (Å²) in [6.07, 6.45) is 2.49. The number of rotatable bonds is 7. The molecule has 0 radical (unpaired) electrons. The van der Waals surface area contributed by atoms with Gasteiger partial charge in [-0.25, -0.2) is 13.1 Å². The fraction of sp³-hybridized carbons (Fsp3) is 1.00. The van der Waals surface area contributed by atoms with Crippen molar-refractivity contribution in [2.45, 2.75) is 12.8 Å². The molecule has 0 amide bonds. The smallest absolute Gasteiger partial charge is 0.225 e. The number of ether oxygens (including phenoxy) is 1. The first-order valence-corrected chi connectivity index (χ1v) is 6.44. The topological polar surface area (TPSA) is 55.4 Å². The predicted molar refractivity (Wildman–Crippen MR) is 51.2 cm³/mol. The number of hydrogen-bond acceptors (Lipinski definition) is 3. The average Bonchev–Trinajstić information content (AvgIpc) is 2.87. The van der Waals surface area contributed by atoms with Crippen LogP contribution in [0.1, 0.15) is 12.8 Å². The maximum atomic E-state index is 10.8. The molecule has 1 N–H and O–H groups in total. The second-order valence-electron chi connectivity index (χ2n) is 3.14. The summed E-state index contributed by atoms with van der Waals surface area (Å²) in [4.78, 5) is 0. The molecule has 0 aromatic rings. The molecular formula is C7H14ClNO3S. The number of halogens is 1. The van der Waals surface area contributed by atoms with Crippen LogP contribution < -0.4 is 4.72 Å². The summed E-state index contributed by atoms with van der Waals surface area (Å²) < 4.78 is 29.2. The highest BCUT2D eigenvalue weighted by Crippen LogP contribution is 2.28. The first-order chi connectivity index (χ1) is 6.14. The Morgan fingerprint density at radius 1 is 1.46 bits per heavy atom. The lowest BCUT2D eigenvalue weighted by atomic mass is 10.5. The van der Waals surface area contributed by atoms with Crippen LogP contribution in [-0.2, 0) is 14.8 Å². The molecule has 0 saturated heterocycles. The standard InChI is InChI=1S/C7H14ClNO3S/c8-6-13(10,11)9-3-4-12-5-7-1-2-7/h7,9H,1-6H2. The van der Waals surface area contributed by atoms with Crippen LogP contribution in [0.4, 0.5) is 0 Å². The Labute approximate surface area is 83.7 Å². The van der Waals surface area contributed by atoms with Crippen molar-refractivity contribution in [1.29, 1.82) is 0 Å². The molecule has 1 fully saturated rings. The maximum absolute atomic E-state index is 10.8. The largest absolute Gasteiger partial charge is 0.380 e. The third kappa shape index (κ3) is 5.46. The zero-order valence-corrected chi connectivity index (χ0v) is 8.90. The van der Waals surface area contributed by atoms with E-state index in [1.165, 1.54) is 12.8 Å². The second-order valence-corrected chi connectivity index (χ2v) is 5.53. The van der Waals surface area contributed by atoms with E-state index < -0.39 is 15.2 Å². The second kappa shape index (κ2) is 5.14. The molecule has 1 aliphatic rings. The van der Waals surface area contributed by atoms with Crippen LogP contribution in [-0.4, -0.2) is 33.4 Å². The van der Waals surface area contributed by atoms with E-state index in [2.05, 4.69) is 4.72 Å². The SMILES string of the molecule is O=S(=O)(CCl)NCCOCC1CC1. The van der Waals surface area contributed by atoms with Crippen LogP contribution >= 0.6 is 11.6 Å². The molecular weight excluding hydrogens is 214 g/mol. The van der Waals surface area contributed by atoms with Gasteiger partial charge in [0.05, 0.1) is 6.61 Å². The van der Waals surface area contributed by atoms with Gasteiger partial charge in [-0.15, -0.1) is 11.6 Å². The quantitative estimate of drug-likeness (QED) is 0.510. The summed E-state index contributed by atoms with van der Waals surface area (Å²) in [6.45, 7) is 1.48. The lowest BCUT2D eigenvalue weighted by molar-refractivity contribution is 0.129. The summed E-state index contributed by atoms with van der Waals surface area (Å²) in [6, 6.07) is 0. The summed E-state index contributed by atoms with van der Waals surface area (Å²) >= 11 is 5.18. The summed E-state index contributed by atoms with van der Waals surface area (Å²) in [5.74, 6) is 0.713. The third-order valence-corrected chi connectivity index (χ3v) is 3.56. The molecule has 0 spiro atoms. The summed E-state index contributed by atoms with van der Waals surface area (Å²) in [7, 11) is -3.27. The van der Waals surface area contributed by atoms with Crippen molar-refractivity contribution in [3.05, 3.63) is 0 Å². The monoisotopic (exact) mass is 227 g/mol. The minimum absolute atomic E-state index is 0.307. The van der Waals surface area contributed by atoms with Gasteiger partial charge in [0, 0.05) is 13.2 Å². The molecule has 13 heavy (non-hydrogen) atoms. The zero-order chi connectivity index (χ0) is 9.73. The van der Waals surface area contributed by atoms with Crippen LogP contribution in [0.25, 0.3) is 0 Å². The Morgan fingerprint density at radius 3 is 2.69 bits per heavy atom. The number of nitrogens with one attached hydrogen (secondary N) is 1. The van der Waals surface area contributed by atoms with Gasteiger partial charge in [0.25, 0.3) is 0 Å². The van der Waals surface area contributed by atoms with E-state index in [-0.39, 0.29) is 0 Å². The van der Waals surface area contributed by atoms with Gasteiger partial charge in [-0.3, -0.25) is 0 Å². The van der Waals surface area contributed by atoms with Gasteiger partial charge < -0.3 is 4.74 Å². The Bertz CT molecular complexity index is 238. The van der Waals surface area contributed by atoms with Crippen molar-refractivity contribution in [3.63, 3.8) is 0 Å². The molecule has 0 aromatic heterocycles. The van der Waals surface area contributed by atoms with Gasteiger partial charge in [0.15, 0.2) is 0 Å². The molecule has 1 saturated carbocycles. The molecule has 1 aliphatic carbocycles. The first-order valence-electron chi connectivity index (χ1n) is 4.25. The molecule has 4 nitrogen and oxygen atoms in total. The lowest BCUT2D eigenvalue weighted by Gasteiger charge is -2.04. The number of sulfonamides is 1. The molecule has 0 atom stereocenters. The Hall–Kier alpha value is 0.160. The van der Waals surface area contributed by atoms with Gasteiger partial charge in [-0.05, 0) is 18.8 Å². The van der Waals surface area contributed by atoms with Crippen molar-refractivity contribution >= 4 is 21.6 Å². The van der Waals surface area contributed by atoms with Crippen molar-refractivity contribution < 1.29 is 13.2 Å². The number of hydrogen-bond donors (Lipinski definition) is 1. The Morgan fingerprint density at radius 2 is 2.15 bits per heavy atom. The van der Waals surface area contributed by atoms with Crippen LogP contribution in [0.5, 0.6) is 0 Å². The highest BCUT2D eigenvalue weighted by atomic mass is 35.5. The molecule has 6 heteroatoms. The van der Waals surface area contributed by atoms with Gasteiger partial charge in [0.2, 0.25) is 10.0 Å². The van der Waals surface area contributed by atoms with Crippen molar-refractivity contribution in [3.8, 4) is 0 Å². The Balaban J connectivity index is 1.93. The van der Waals surface area contributed by atoms with Crippen LogP contribution in [0.15, 0.2) is 0 Å². The summed E-state index contributed by atoms with van der Waals surface area (Å²) in [5, 5.41) is -0.393. The number of alkyl halides is 1. The normalized spacial score (nSPS) is 17.6. The molecule has 0 unspecified atom stereocenters. The third-order valence-electron chi connectivity index (χ3n) is 1.76. The van der Waals surface area contributed by atoms with Crippen molar-refractivity contribution in [1.82, 2.24) is 4.72 Å². The van der Waals surface area contributed by atoms with Crippen molar-refractivity contribution in [2.75, 3.05) is 25.0 Å². The van der Waals surface area contributed by atoms with Crippen LogP contribution in [0.2, 0.25) is 0 Å². The highest BCUT2D eigenvalue weighted by molar-refractivity contribution is 7.90. The fourth-order valence-corrected chi connectivity index (χ4v) is 1.55. The van der Waals surface area contributed by atoms with Gasteiger partial charge >= 0.3 is 0 Å². The average molecular weight is 228 g/mol. The van der Waals surface area contributed by atoms with Gasteiger partial charge in [-0.1, -0.05) is 0 Å². The fourth-order valence-electron chi connectivity index (χ4n) is 0.842.